The minimum Gasteiger partial charge on any atom is -0.310 e. The molecule has 17 heavy (non-hydrogen) atoms. The molecule has 0 saturated heterocycles. The summed E-state index contributed by atoms with van der Waals surface area (Å²) in [5.74, 6) is 1.93. The fourth-order valence-electron chi connectivity index (χ4n) is 1.62. The minimum absolute atomic E-state index is 0.0607. The standard InChI is InChI=1S/C13H21BrN2O/c1-8(2)5-6-11-15-10(7-9(3)4)12(14)13(17)16-11/h8-9H,5-7H2,1-4H3,(H,15,16,17). The first-order valence-electron chi connectivity index (χ1n) is 6.17. The number of aromatic amines is 1. The zero-order chi connectivity index (χ0) is 13.0. The first-order valence-corrected chi connectivity index (χ1v) is 6.97. The molecule has 1 aromatic heterocycles. The molecule has 0 radical (unpaired) electrons. The number of hydrogen-bond acceptors (Lipinski definition) is 2. The van der Waals surface area contributed by atoms with Crippen molar-refractivity contribution >= 4 is 15.9 Å². The average Bonchev–Trinajstić information content (AvgIpc) is 2.21. The van der Waals surface area contributed by atoms with Crippen LogP contribution in [0.5, 0.6) is 0 Å². The molecule has 0 unspecified atom stereocenters. The van der Waals surface area contributed by atoms with Crippen LogP contribution in [-0.2, 0) is 12.8 Å². The smallest absolute Gasteiger partial charge is 0.265 e. The Kier molecular flexibility index (Phi) is 5.37. The van der Waals surface area contributed by atoms with Gasteiger partial charge < -0.3 is 4.98 Å². The van der Waals surface area contributed by atoms with Crippen LogP contribution < -0.4 is 5.56 Å². The van der Waals surface area contributed by atoms with Gasteiger partial charge in [-0.3, -0.25) is 4.79 Å². The predicted molar refractivity (Wildman–Crippen MR) is 74.3 cm³/mol. The molecule has 0 amide bonds. The maximum absolute atomic E-state index is 11.7. The number of nitrogens with zero attached hydrogens (tertiary/aromatic N) is 1. The van der Waals surface area contributed by atoms with Crippen LogP contribution in [0.2, 0.25) is 0 Å². The monoisotopic (exact) mass is 300 g/mol. The molecule has 0 atom stereocenters. The molecule has 0 aliphatic carbocycles. The molecule has 1 heterocycles. The summed E-state index contributed by atoms with van der Waals surface area (Å²) in [6.07, 6.45) is 2.72. The molecule has 4 heteroatoms. The van der Waals surface area contributed by atoms with E-state index in [1.54, 1.807) is 0 Å². The van der Waals surface area contributed by atoms with Gasteiger partial charge in [0.1, 0.15) is 10.3 Å². The number of hydrogen-bond donors (Lipinski definition) is 1. The van der Waals surface area contributed by atoms with Crippen LogP contribution in [0.15, 0.2) is 9.27 Å². The maximum atomic E-state index is 11.7. The summed E-state index contributed by atoms with van der Waals surface area (Å²) in [7, 11) is 0. The fourth-order valence-corrected chi connectivity index (χ4v) is 1.97. The Bertz CT molecular complexity index is 424. The van der Waals surface area contributed by atoms with Gasteiger partial charge in [0.25, 0.3) is 5.56 Å². The first-order chi connectivity index (χ1) is 7.90. The highest BCUT2D eigenvalue weighted by Crippen LogP contribution is 2.14. The molecule has 0 saturated carbocycles. The largest absolute Gasteiger partial charge is 0.310 e. The van der Waals surface area contributed by atoms with Gasteiger partial charge in [0, 0.05) is 6.42 Å². The van der Waals surface area contributed by atoms with Crippen LogP contribution in [0.4, 0.5) is 0 Å². The Morgan fingerprint density at radius 2 is 1.88 bits per heavy atom. The van der Waals surface area contributed by atoms with E-state index in [0.29, 0.717) is 16.3 Å². The number of aryl methyl sites for hydroxylation is 1. The zero-order valence-electron chi connectivity index (χ0n) is 11.0. The van der Waals surface area contributed by atoms with Crippen LogP contribution in [0.25, 0.3) is 0 Å². The third kappa shape index (κ3) is 4.62. The van der Waals surface area contributed by atoms with Crippen molar-refractivity contribution in [1.82, 2.24) is 9.97 Å². The van der Waals surface area contributed by atoms with Gasteiger partial charge in [-0.25, -0.2) is 4.98 Å². The molecule has 0 bridgehead atoms. The third-order valence-corrected chi connectivity index (χ3v) is 3.36. The molecule has 3 nitrogen and oxygen atoms in total. The summed E-state index contributed by atoms with van der Waals surface area (Å²) in [4.78, 5) is 19.1. The average molecular weight is 301 g/mol. The van der Waals surface area contributed by atoms with E-state index in [0.717, 1.165) is 30.8 Å². The van der Waals surface area contributed by atoms with Crippen LogP contribution in [0.1, 0.15) is 45.6 Å². The molecule has 1 N–H and O–H groups in total. The molecule has 0 aliphatic rings. The molecule has 1 rings (SSSR count). The Balaban J connectivity index is 2.93. The van der Waals surface area contributed by atoms with Gasteiger partial charge in [0.05, 0.1) is 5.69 Å². The number of nitrogens with one attached hydrogen (secondary N) is 1. The second-order valence-corrected chi connectivity index (χ2v) is 6.10. The lowest BCUT2D eigenvalue weighted by atomic mass is 10.1. The second-order valence-electron chi connectivity index (χ2n) is 5.30. The first kappa shape index (κ1) is 14.4. The number of H-pyrrole nitrogens is 1. The van der Waals surface area contributed by atoms with Gasteiger partial charge in [-0.15, -0.1) is 0 Å². The van der Waals surface area contributed by atoms with Crippen LogP contribution in [-0.4, -0.2) is 9.97 Å². The van der Waals surface area contributed by atoms with Crippen LogP contribution >= 0.6 is 15.9 Å². The highest BCUT2D eigenvalue weighted by atomic mass is 79.9. The van der Waals surface area contributed by atoms with Crippen LogP contribution in [0.3, 0.4) is 0 Å². The van der Waals surface area contributed by atoms with E-state index in [2.05, 4.69) is 53.6 Å². The number of aromatic nitrogens is 2. The molecule has 1 aromatic rings. The van der Waals surface area contributed by atoms with Crippen molar-refractivity contribution in [3.63, 3.8) is 0 Å². The summed E-state index contributed by atoms with van der Waals surface area (Å²) in [6.45, 7) is 8.60. The van der Waals surface area contributed by atoms with Crippen molar-refractivity contribution in [3.8, 4) is 0 Å². The Morgan fingerprint density at radius 1 is 1.24 bits per heavy atom. The summed E-state index contributed by atoms with van der Waals surface area (Å²) >= 11 is 3.32. The van der Waals surface area contributed by atoms with E-state index < -0.39 is 0 Å². The molecule has 96 valence electrons. The SMILES string of the molecule is CC(C)CCc1nc(CC(C)C)c(Br)c(=O)[nH]1. The minimum atomic E-state index is -0.0607. The molecular weight excluding hydrogens is 280 g/mol. The number of rotatable bonds is 5. The third-order valence-electron chi connectivity index (χ3n) is 2.54. The van der Waals surface area contributed by atoms with Gasteiger partial charge in [-0.2, -0.15) is 0 Å². The number of halogens is 1. The second kappa shape index (κ2) is 6.34. The molecule has 0 aromatic carbocycles. The Morgan fingerprint density at radius 3 is 2.41 bits per heavy atom. The lowest BCUT2D eigenvalue weighted by Gasteiger charge is -2.09. The van der Waals surface area contributed by atoms with E-state index >= 15 is 0 Å². The van der Waals surface area contributed by atoms with Crippen molar-refractivity contribution < 1.29 is 0 Å². The lowest BCUT2D eigenvalue weighted by Crippen LogP contribution is -2.17. The van der Waals surface area contributed by atoms with E-state index in [1.165, 1.54) is 0 Å². The van der Waals surface area contributed by atoms with Crippen molar-refractivity contribution in [2.24, 2.45) is 11.8 Å². The van der Waals surface area contributed by atoms with E-state index in [1.807, 2.05) is 0 Å². The highest BCUT2D eigenvalue weighted by molar-refractivity contribution is 9.10. The lowest BCUT2D eigenvalue weighted by molar-refractivity contribution is 0.567. The van der Waals surface area contributed by atoms with Gasteiger partial charge >= 0.3 is 0 Å². The van der Waals surface area contributed by atoms with Crippen molar-refractivity contribution in [2.45, 2.75) is 47.0 Å². The fraction of sp³-hybridized carbons (Fsp3) is 0.692. The van der Waals surface area contributed by atoms with Gasteiger partial charge in [-0.1, -0.05) is 27.7 Å². The quantitative estimate of drug-likeness (QED) is 0.907. The Hall–Kier alpha value is -0.640. The predicted octanol–water partition coefficient (Wildman–Crippen LogP) is 3.32. The van der Waals surface area contributed by atoms with Crippen molar-refractivity contribution in [2.75, 3.05) is 0 Å². The van der Waals surface area contributed by atoms with Gasteiger partial charge in [-0.05, 0) is 40.6 Å². The summed E-state index contributed by atoms with van der Waals surface area (Å²) in [6, 6.07) is 0. The molecule has 0 spiro atoms. The van der Waals surface area contributed by atoms with Gasteiger partial charge in [0.2, 0.25) is 0 Å². The summed E-state index contributed by atoms with van der Waals surface area (Å²) in [5, 5.41) is 0. The van der Waals surface area contributed by atoms with Crippen molar-refractivity contribution in [3.05, 3.63) is 26.3 Å². The normalized spacial score (nSPS) is 11.5. The van der Waals surface area contributed by atoms with Crippen molar-refractivity contribution in [1.29, 1.82) is 0 Å². The molecule has 0 fully saturated rings. The van der Waals surface area contributed by atoms with E-state index in [-0.39, 0.29) is 5.56 Å². The summed E-state index contributed by atoms with van der Waals surface area (Å²) in [5.41, 5.74) is 0.817. The summed E-state index contributed by atoms with van der Waals surface area (Å²) < 4.78 is 0.583. The Labute approximate surface area is 111 Å². The molecular formula is C13H21BrN2O. The van der Waals surface area contributed by atoms with Gasteiger partial charge in [0.15, 0.2) is 0 Å². The zero-order valence-corrected chi connectivity index (χ0v) is 12.6. The highest BCUT2D eigenvalue weighted by Gasteiger charge is 2.10. The van der Waals surface area contributed by atoms with E-state index in [4.69, 9.17) is 0 Å². The van der Waals surface area contributed by atoms with Crippen LogP contribution in [0, 0.1) is 11.8 Å². The topological polar surface area (TPSA) is 45.8 Å². The maximum Gasteiger partial charge on any atom is 0.265 e. The molecule has 0 aliphatic heterocycles. The van der Waals surface area contributed by atoms with E-state index in [9.17, 15) is 4.79 Å².